The Morgan fingerprint density at radius 3 is 1.52 bits per heavy atom. The van der Waals surface area contributed by atoms with Crippen molar-refractivity contribution in [3.8, 4) is 17.2 Å². The minimum Gasteiger partial charge on any atom is -0.507 e. The van der Waals surface area contributed by atoms with Gasteiger partial charge < -0.3 is 41.0 Å². The quantitative estimate of drug-likeness (QED) is 0.0471. The van der Waals surface area contributed by atoms with Crippen molar-refractivity contribution in [2.24, 2.45) is 0 Å². The molecule has 18 heteroatoms. The fraction of sp³-hybridized carbons (Fsp3) is 0.106. The predicted octanol–water partition coefficient (Wildman–Crippen LogP) is 10.00. The van der Waals surface area contributed by atoms with E-state index in [0.717, 1.165) is 5.56 Å². The lowest BCUT2D eigenvalue weighted by molar-refractivity contribution is -0.121. The zero-order valence-electron chi connectivity index (χ0n) is 33.4. The van der Waals surface area contributed by atoms with Crippen LogP contribution in [0.25, 0.3) is 0 Å². The van der Waals surface area contributed by atoms with Crippen LogP contribution >= 0.6 is 63.7 Å². The number of phenols is 2. The number of hydrogen-bond acceptors (Lipinski definition) is 12. The van der Waals surface area contributed by atoms with Crippen molar-refractivity contribution in [3.05, 3.63) is 165 Å². The molecule has 14 nitrogen and oxygen atoms in total. The first-order valence-corrected chi connectivity index (χ1v) is 22.8. The lowest BCUT2D eigenvalue weighted by atomic mass is 9.82. The van der Waals surface area contributed by atoms with Gasteiger partial charge in [0, 0.05) is 48.2 Å². The number of rotatable bonds is 13. The van der Waals surface area contributed by atoms with Crippen molar-refractivity contribution >= 4 is 122 Å². The van der Waals surface area contributed by atoms with E-state index >= 15 is 0 Å². The van der Waals surface area contributed by atoms with Crippen molar-refractivity contribution in [3.63, 3.8) is 0 Å². The molecule has 0 aromatic heterocycles. The van der Waals surface area contributed by atoms with Crippen LogP contribution in [0.3, 0.4) is 0 Å². The van der Waals surface area contributed by atoms with Crippen LogP contribution in [0.5, 0.6) is 17.2 Å². The Hall–Kier alpha value is -6.34. The van der Waals surface area contributed by atoms with E-state index in [1.165, 1.54) is 24.3 Å². The van der Waals surface area contributed by atoms with Gasteiger partial charge in [-0.25, -0.2) is 4.79 Å². The molecule has 0 saturated heterocycles. The van der Waals surface area contributed by atoms with Crippen molar-refractivity contribution in [1.82, 2.24) is 10.6 Å². The Morgan fingerprint density at radius 1 is 0.523 bits per heavy atom. The molecule has 328 valence electrons. The number of hydrogen-bond donors (Lipinski definition) is 6. The molecular formula is C47H32Br4N4O10. The number of amides is 2. The normalized spacial score (nSPS) is 12.4. The average molecular weight is 1130 g/mol. The number of ketones is 4. The number of carbonyl (C=O) groups excluding carboxylic acids is 6. The molecule has 65 heavy (non-hydrogen) atoms. The standard InChI is InChI=1S/C47H32Br4N4O10/c48-27-18-28(49)33(54-31-9-11-35(56)41-39(31)43(59)23-5-1-3-7-25(23)45(41)61)17-22(27)13-15-65-47(63)53-21-52-38(58)14-16-64-37-20-34(29(50)19-30(37)51)55-32-10-12-36(57)42-40(32)44(60)24-6-2-4-8-26(24)46(42)62/h1-12,17-20,54-57H,13-16,21H2,(H,52,58)(H,53,63). The molecule has 0 unspecified atom stereocenters. The Kier molecular flexibility index (Phi) is 13.2. The maximum atomic E-state index is 13.6. The third-order valence-electron chi connectivity index (χ3n) is 10.5. The second kappa shape index (κ2) is 19.0. The van der Waals surface area contributed by atoms with Crippen LogP contribution in [-0.2, 0) is 16.0 Å². The molecule has 6 aromatic carbocycles. The highest BCUT2D eigenvalue weighted by atomic mass is 79.9. The number of halogens is 4. The minimum absolute atomic E-state index is 0.0256. The highest BCUT2D eigenvalue weighted by molar-refractivity contribution is 9.11. The summed E-state index contributed by atoms with van der Waals surface area (Å²) in [5, 5.41) is 32.6. The van der Waals surface area contributed by atoms with E-state index in [0.29, 0.717) is 46.4 Å². The molecular weight excluding hydrogens is 1100 g/mol. The number of alkyl carbamates (subject to hydrolysis) is 1. The molecule has 0 spiro atoms. The molecule has 6 N–H and O–H groups in total. The number of benzene rings is 6. The van der Waals surface area contributed by atoms with Crippen molar-refractivity contribution in [2.45, 2.75) is 12.8 Å². The molecule has 0 fully saturated rings. The zero-order valence-corrected chi connectivity index (χ0v) is 39.8. The van der Waals surface area contributed by atoms with E-state index in [1.807, 2.05) is 0 Å². The van der Waals surface area contributed by atoms with Crippen LogP contribution in [0.15, 0.2) is 115 Å². The Labute approximate surface area is 403 Å². The molecule has 2 aliphatic carbocycles. The van der Waals surface area contributed by atoms with Gasteiger partial charge in [0.05, 0.1) is 75.8 Å². The number of ether oxygens (including phenoxy) is 2. The van der Waals surface area contributed by atoms with Gasteiger partial charge in [0.2, 0.25) is 5.91 Å². The number of fused-ring (bicyclic) bond motifs is 4. The largest absolute Gasteiger partial charge is 0.507 e. The fourth-order valence-electron chi connectivity index (χ4n) is 7.39. The lowest BCUT2D eigenvalue weighted by Crippen LogP contribution is -2.38. The van der Waals surface area contributed by atoms with Gasteiger partial charge in [0.25, 0.3) is 0 Å². The minimum atomic E-state index is -0.767. The number of anilines is 4. The summed E-state index contributed by atoms with van der Waals surface area (Å²) in [6.07, 6.45) is -0.552. The van der Waals surface area contributed by atoms with Crippen molar-refractivity contribution < 1.29 is 48.5 Å². The van der Waals surface area contributed by atoms with Gasteiger partial charge in [0.15, 0.2) is 23.1 Å². The first-order chi connectivity index (χ1) is 31.2. The number of aromatic hydroxyl groups is 2. The van der Waals surface area contributed by atoms with Gasteiger partial charge in [-0.1, -0.05) is 64.5 Å². The summed E-state index contributed by atoms with van der Waals surface area (Å²) in [6, 6.07) is 25.6. The molecule has 0 saturated carbocycles. The molecule has 0 aliphatic heterocycles. The van der Waals surface area contributed by atoms with Crippen molar-refractivity contribution in [2.75, 3.05) is 30.5 Å². The maximum absolute atomic E-state index is 13.6. The van der Waals surface area contributed by atoms with E-state index in [4.69, 9.17) is 9.47 Å². The summed E-state index contributed by atoms with van der Waals surface area (Å²) < 4.78 is 13.7. The number of nitrogens with one attached hydrogen (secondary N) is 4. The molecule has 8 rings (SSSR count). The molecule has 0 heterocycles. The van der Waals surface area contributed by atoms with Crippen LogP contribution < -0.4 is 26.0 Å². The second-order valence-corrected chi connectivity index (χ2v) is 18.0. The highest BCUT2D eigenvalue weighted by Gasteiger charge is 2.35. The third-order valence-corrected chi connectivity index (χ3v) is 13.2. The van der Waals surface area contributed by atoms with Gasteiger partial charge in [-0.15, -0.1) is 0 Å². The summed E-state index contributed by atoms with van der Waals surface area (Å²) >= 11 is 14.1. The Balaban J connectivity index is 0.816. The average Bonchev–Trinajstić information content (AvgIpc) is 3.28. The van der Waals surface area contributed by atoms with Gasteiger partial charge in [0.1, 0.15) is 17.2 Å². The summed E-state index contributed by atoms with van der Waals surface area (Å²) in [5.41, 5.74) is 3.23. The lowest BCUT2D eigenvalue weighted by Gasteiger charge is -2.22. The molecule has 6 aromatic rings. The monoisotopic (exact) mass is 1130 g/mol. The van der Waals surface area contributed by atoms with E-state index in [2.05, 4.69) is 85.0 Å². The predicted molar refractivity (Wildman–Crippen MR) is 254 cm³/mol. The third kappa shape index (κ3) is 9.16. The van der Waals surface area contributed by atoms with Gasteiger partial charge in [-0.3, -0.25) is 24.0 Å². The smallest absolute Gasteiger partial charge is 0.408 e. The number of phenolic OH excluding ortho intramolecular Hbond substituents is 2. The van der Waals surface area contributed by atoms with Crippen LogP contribution in [0.1, 0.15) is 75.7 Å². The zero-order chi connectivity index (χ0) is 46.1. The van der Waals surface area contributed by atoms with Gasteiger partial charge in [-0.2, -0.15) is 0 Å². The van der Waals surface area contributed by atoms with E-state index in [-0.39, 0.29) is 88.7 Å². The Morgan fingerprint density at radius 2 is 1.00 bits per heavy atom. The summed E-state index contributed by atoms with van der Waals surface area (Å²) in [5.74, 6) is -2.39. The molecule has 2 aliphatic rings. The molecule has 0 radical (unpaired) electrons. The van der Waals surface area contributed by atoms with E-state index < -0.39 is 35.1 Å². The van der Waals surface area contributed by atoms with Crippen LogP contribution in [0, 0.1) is 0 Å². The Bertz CT molecular complexity index is 2830. The summed E-state index contributed by atoms with van der Waals surface area (Å²) in [6.45, 7) is -0.276. The SMILES string of the molecule is O=C(CCOc1cc(Nc2ccc(O)c3c2C(=O)c2ccccc2C3=O)c(Br)cc1Br)NCNC(=O)OCCc1cc(Nc2ccc(O)c3c2C(=O)c2ccccc2C3=O)c(Br)cc1Br. The topological polar surface area (TPSA) is 209 Å². The molecule has 2 amide bonds. The second-order valence-electron chi connectivity index (χ2n) is 14.5. The van der Waals surface area contributed by atoms with Crippen LogP contribution in [0.2, 0.25) is 0 Å². The van der Waals surface area contributed by atoms with Crippen molar-refractivity contribution in [1.29, 1.82) is 0 Å². The van der Waals surface area contributed by atoms with Gasteiger partial charge in [-0.05, 0) is 95.8 Å². The number of carbonyl (C=O) groups is 6. The summed E-state index contributed by atoms with van der Waals surface area (Å²) in [7, 11) is 0. The van der Waals surface area contributed by atoms with Gasteiger partial charge >= 0.3 is 6.09 Å². The van der Waals surface area contributed by atoms with E-state index in [9.17, 15) is 39.0 Å². The first-order valence-electron chi connectivity index (χ1n) is 19.6. The molecule has 0 atom stereocenters. The fourth-order valence-corrected chi connectivity index (χ4v) is 9.89. The van der Waals surface area contributed by atoms with Crippen LogP contribution in [-0.4, -0.2) is 65.2 Å². The summed E-state index contributed by atoms with van der Waals surface area (Å²) in [4.78, 5) is 78.8. The van der Waals surface area contributed by atoms with E-state index in [1.54, 1.807) is 72.8 Å². The maximum Gasteiger partial charge on any atom is 0.408 e. The first kappa shape index (κ1) is 45.2. The molecule has 0 bridgehead atoms. The highest BCUT2D eigenvalue weighted by Crippen LogP contribution is 2.42. The van der Waals surface area contributed by atoms with Crippen LogP contribution in [0.4, 0.5) is 27.5 Å².